The third kappa shape index (κ3) is 3.89. The van der Waals surface area contributed by atoms with Crippen molar-refractivity contribution in [2.24, 2.45) is 0 Å². The van der Waals surface area contributed by atoms with Gasteiger partial charge in [0.2, 0.25) is 5.91 Å². The van der Waals surface area contributed by atoms with Crippen molar-refractivity contribution in [1.29, 1.82) is 0 Å². The number of hydrogen-bond acceptors (Lipinski definition) is 5. The highest BCUT2D eigenvalue weighted by Crippen LogP contribution is 2.32. The van der Waals surface area contributed by atoms with Gasteiger partial charge in [0.1, 0.15) is 17.5 Å². The molecule has 1 aromatic carbocycles. The smallest absolute Gasteiger partial charge is 0.243 e. The molecule has 4 rings (SSSR count). The lowest BCUT2D eigenvalue weighted by atomic mass is 10.2. The highest BCUT2D eigenvalue weighted by atomic mass is 19.1. The van der Waals surface area contributed by atoms with Gasteiger partial charge in [-0.3, -0.25) is 9.48 Å². The molecule has 0 bridgehead atoms. The summed E-state index contributed by atoms with van der Waals surface area (Å²) in [6, 6.07) is 5.67. The van der Waals surface area contributed by atoms with Crippen LogP contribution in [-0.2, 0) is 17.9 Å². The zero-order valence-electron chi connectivity index (χ0n) is 16.0. The Balaban J connectivity index is 1.46. The van der Waals surface area contributed by atoms with Gasteiger partial charge in [0.15, 0.2) is 0 Å². The lowest BCUT2D eigenvalue weighted by molar-refractivity contribution is -0.115. The number of carbonyl (C=O) groups excluding carboxylic acids is 1. The summed E-state index contributed by atoms with van der Waals surface area (Å²) in [5.41, 5.74) is 3.16. The Hall–Kier alpha value is -3.49. The van der Waals surface area contributed by atoms with Crippen LogP contribution >= 0.6 is 0 Å². The quantitative estimate of drug-likeness (QED) is 0.691. The van der Waals surface area contributed by atoms with Crippen LogP contribution in [0.5, 0.6) is 0 Å². The maximum Gasteiger partial charge on any atom is 0.243 e. The molecule has 7 nitrogen and oxygen atoms in total. The maximum absolute atomic E-state index is 13.8. The molecular formula is C20H20F2N6O. The molecule has 2 aromatic heterocycles. The van der Waals surface area contributed by atoms with Crippen molar-refractivity contribution < 1.29 is 13.6 Å². The van der Waals surface area contributed by atoms with Gasteiger partial charge in [-0.05, 0) is 19.1 Å². The van der Waals surface area contributed by atoms with Crippen molar-refractivity contribution >= 4 is 23.1 Å². The molecule has 3 heterocycles. The van der Waals surface area contributed by atoms with Crippen LogP contribution in [-0.4, -0.2) is 34.3 Å². The normalized spacial score (nSPS) is 13.2. The third-order valence-corrected chi connectivity index (χ3v) is 4.78. The van der Waals surface area contributed by atoms with E-state index in [2.05, 4.69) is 20.7 Å². The minimum absolute atomic E-state index is 0.0131. The van der Waals surface area contributed by atoms with Crippen LogP contribution < -0.4 is 15.5 Å². The van der Waals surface area contributed by atoms with E-state index in [-0.39, 0.29) is 24.6 Å². The summed E-state index contributed by atoms with van der Waals surface area (Å²) < 4.78 is 29.1. The Kier molecular flexibility index (Phi) is 4.87. The SMILES string of the molecule is Cc1nc(NCc2cnn(Cc3c(F)cccc3F)c2)cc2c1NC(=O)CN2C. The molecule has 3 aromatic rings. The number of anilines is 3. The van der Waals surface area contributed by atoms with Crippen molar-refractivity contribution in [3.8, 4) is 0 Å². The Labute approximate surface area is 166 Å². The highest BCUT2D eigenvalue weighted by Gasteiger charge is 2.22. The number of nitrogens with one attached hydrogen (secondary N) is 2. The first-order chi connectivity index (χ1) is 13.9. The predicted molar refractivity (Wildman–Crippen MR) is 106 cm³/mol. The molecule has 1 aliphatic heterocycles. The van der Waals surface area contributed by atoms with E-state index in [0.29, 0.717) is 18.1 Å². The first kappa shape index (κ1) is 18.9. The van der Waals surface area contributed by atoms with Gasteiger partial charge in [-0.1, -0.05) is 6.07 Å². The summed E-state index contributed by atoms with van der Waals surface area (Å²) in [6.07, 6.45) is 3.37. The average molecular weight is 398 g/mol. The Morgan fingerprint density at radius 1 is 1.28 bits per heavy atom. The monoisotopic (exact) mass is 398 g/mol. The molecular weight excluding hydrogens is 378 g/mol. The van der Waals surface area contributed by atoms with Gasteiger partial charge in [0.25, 0.3) is 0 Å². The van der Waals surface area contributed by atoms with Crippen LogP contribution in [0.2, 0.25) is 0 Å². The van der Waals surface area contributed by atoms with Gasteiger partial charge in [-0.25, -0.2) is 13.8 Å². The fraction of sp³-hybridized carbons (Fsp3) is 0.250. The van der Waals surface area contributed by atoms with E-state index in [4.69, 9.17) is 0 Å². The number of amides is 1. The molecule has 0 fully saturated rings. The van der Waals surface area contributed by atoms with Gasteiger partial charge in [-0.15, -0.1) is 0 Å². The van der Waals surface area contributed by atoms with Gasteiger partial charge in [0.05, 0.1) is 36.4 Å². The van der Waals surface area contributed by atoms with Gasteiger partial charge in [0, 0.05) is 37.0 Å². The zero-order valence-corrected chi connectivity index (χ0v) is 16.0. The molecule has 0 radical (unpaired) electrons. The summed E-state index contributed by atoms with van der Waals surface area (Å²) in [6.45, 7) is 2.58. The van der Waals surface area contributed by atoms with E-state index in [1.807, 2.05) is 24.9 Å². The first-order valence-corrected chi connectivity index (χ1v) is 9.11. The van der Waals surface area contributed by atoms with Crippen molar-refractivity contribution in [2.45, 2.75) is 20.0 Å². The molecule has 0 saturated heterocycles. The van der Waals surface area contributed by atoms with Crippen LogP contribution in [0.15, 0.2) is 36.7 Å². The summed E-state index contributed by atoms with van der Waals surface area (Å²) >= 11 is 0. The molecule has 1 aliphatic rings. The lowest BCUT2D eigenvalue weighted by Gasteiger charge is -2.28. The van der Waals surface area contributed by atoms with Gasteiger partial charge in [-0.2, -0.15) is 5.10 Å². The van der Waals surface area contributed by atoms with Gasteiger partial charge < -0.3 is 15.5 Å². The van der Waals surface area contributed by atoms with Crippen LogP contribution in [0.4, 0.5) is 26.0 Å². The van der Waals surface area contributed by atoms with Crippen molar-refractivity contribution in [3.63, 3.8) is 0 Å². The second kappa shape index (κ2) is 7.50. The molecule has 1 amide bonds. The number of likely N-dealkylation sites (N-methyl/N-ethyl adjacent to an activating group) is 1. The molecule has 29 heavy (non-hydrogen) atoms. The van der Waals surface area contributed by atoms with E-state index < -0.39 is 11.6 Å². The summed E-state index contributed by atoms with van der Waals surface area (Å²) in [5, 5.41) is 10.3. The highest BCUT2D eigenvalue weighted by molar-refractivity contribution is 6.02. The van der Waals surface area contributed by atoms with Gasteiger partial charge >= 0.3 is 0 Å². The fourth-order valence-corrected chi connectivity index (χ4v) is 3.30. The average Bonchev–Trinajstić information content (AvgIpc) is 3.12. The number of rotatable bonds is 5. The Morgan fingerprint density at radius 3 is 2.79 bits per heavy atom. The standard InChI is InChI=1S/C20H20F2N6O/c1-12-20-17(27(2)11-19(29)26-20)6-18(25-12)23-7-13-8-24-28(9-13)10-14-15(21)4-3-5-16(14)22/h3-6,8-9H,7,10-11H2,1-2H3,(H,23,25)(H,26,29). The summed E-state index contributed by atoms with van der Waals surface area (Å²) in [4.78, 5) is 18.1. The number of aryl methyl sites for hydroxylation is 1. The fourth-order valence-electron chi connectivity index (χ4n) is 3.30. The molecule has 0 saturated carbocycles. The minimum Gasteiger partial charge on any atom is -0.366 e. The van der Waals surface area contributed by atoms with Crippen LogP contribution in [0.25, 0.3) is 0 Å². The number of fused-ring (bicyclic) bond motifs is 1. The summed E-state index contributed by atoms with van der Waals surface area (Å²) in [5.74, 6) is -0.586. The van der Waals surface area contributed by atoms with E-state index in [1.54, 1.807) is 12.4 Å². The zero-order chi connectivity index (χ0) is 20.5. The predicted octanol–water partition coefficient (Wildman–Crippen LogP) is 2.91. The molecule has 0 atom stereocenters. The number of carbonyl (C=O) groups is 1. The number of halogens is 2. The van der Waals surface area contributed by atoms with E-state index >= 15 is 0 Å². The van der Waals surface area contributed by atoms with Crippen molar-refractivity contribution in [1.82, 2.24) is 14.8 Å². The first-order valence-electron chi connectivity index (χ1n) is 9.11. The van der Waals surface area contributed by atoms with E-state index in [0.717, 1.165) is 16.9 Å². The van der Waals surface area contributed by atoms with Crippen LogP contribution in [0.1, 0.15) is 16.8 Å². The van der Waals surface area contributed by atoms with E-state index in [1.165, 1.54) is 22.9 Å². The van der Waals surface area contributed by atoms with Crippen LogP contribution in [0.3, 0.4) is 0 Å². The largest absolute Gasteiger partial charge is 0.366 e. The van der Waals surface area contributed by atoms with Crippen molar-refractivity contribution in [2.75, 3.05) is 29.1 Å². The van der Waals surface area contributed by atoms with Crippen LogP contribution in [0, 0.1) is 18.6 Å². The maximum atomic E-state index is 13.8. The van der Waals surface area contributed by atoms with E-state index in [9.17, 15) is 13.6 Å². The number of aromatic nitrogens is 3. The summed E-state index contributed by atoms with van der Waals surface area (Å²) in [7, 11) is 1.85. The molecule has 0 aliphatic carbocycles. The second-order valence-corrected chi connectivity index (χ2v) is 6.99. The molecule has 9 heteroatoms. The molecule has 0 unspecified atom stereocenters. The lowest BCUT2D eigenvalue weighted by Crippen LogP contribution is -2.36. The minimum atomic E-state index is -0.592. The second-order valence-electron chi connectivity index (χ2n) is 6.99. The third-order valence-electron chi connectivity index (χ3n) is 4.78. The molecule has 0 spiro atoms. The molecule has 150 valence electrons. The Bertz CT molecular complexity index is 1060. The Morgan fingerprint density at radius 2 is 2.03 bits per heavy atom. The number of benzene rings is 1. The number of nitrogens with zero attached hydrogens (tertiary/aromatic N) is 4. The molecule has 2 N–H and O–H groups in total. The van der Waals surface area contributed by atoms with Crippen molar-refractivity contribution in [3.05, 3.63) is 65.1 Å². The number of hydrogen-bond donors (Lipinski definition) is 2. The topological polar surface area (TPSA) is 75.1 Å². The number of pyridine rings is 1.